The van der Waals surface area contributed by atoms with Gasteiger partial charge in [0, 0.05) is 11.4 Å². The van der Waals surface area contributed by atoms with Crippen LogP contribution >= 0.6 is 11.5 Å². The van der Waals surface area contributed by atoms with Gasteiger partial charge in [0.2, 0.25) is 5.76 Å². The number of nitrogens with zero attached hydrogens (tertiary/aromatic N) is 4. The molecule has 0 spiro atoms. The van der Waals surface area contributed by atoms with E-state index in [1.165, 1.54) is 11.4 Å². The maximum Gasteiger partial charge on any atom is 0.435 e. The van der Waals surface area contributed by atoms with E-state index in [4.69, 9.17) is 13.9 Å². The van der Waals surface area contributed by atoms with Crippen molar-refractivity contribution in [2.24, 2.45) is 0 Å². The zero-order chi connectivity index (χ0) is 19.4. The first-order valence-electron chi connectivity index (χ1n) is 8.00. The van der Waals surface area contributed by atoms with Crippen molar-refractivity contribution in [3.8, 4) is 0 Å². The molecule has 0 fully saturated rings. The maximum atomic E-state index is 12.2. The average Bonchev–Trinajstić information content (AvgIpc) is 3.37. The number of carbonyl (C=O) groups excluding carboxylic acids is 3. The number of hydrogen-bond donors (Lipinski definition) is 1. The number of anilines is 1. The molecule has 0 aliphatic heterocycles. The Bertz CT molecular complexity index is 977. The van der Waals surface area contributed by atoms with Gasteiger partial charge >= 0.3 is 12.1 Å². The van der Waals surface area contributed by atoms with Gasteiger partial charge in [0.15, 0.2) is 17.1 Å². The Morgan fingerprint density at radius 1 is 1.30 bits per heavy atom. The Hall–Kier alpha value is -3.28. The highest BCUT2D eigenvalue weighted by molar-refractivity contribution is 7.03. The number of amides is 1. The Balaban J connectivity index is 1.98. The zero-order valence-electron chi connectivity index (χ0n) is 14.4. The highest BCUT2D eigenvalue weighted by Crippen LogP contribution is 2.28. The third-order valence-electron chi connectivity index (χ3n) is 3.26. The monoisotopic (exact) mass is 393 g/mol. The van der Waals surface area contributed by atoms with E-state index in [-0.39, 0.29) is 41.6 Å². The molecule has 11 nitrogen and oxygen atoms in total. The number of ether oxygens (including phenoxy) is 2. The van der Waals surface area contributed by atoms with Crippen molar-refractivity contribution >= 4 is 46.4 Å². The summed E-state index contributed by atoms with van der Waals surface area (Å²) in [6.07, 6.45) is -0.140. The molecule has 0 saturated carbocycles. The largest absolute Gasteiger partial charge is 0.460 e. The molecule has 0 atom stereocenters. The molecular weight excluding hydrogens is 378 g/mol. The fraction of sp³-hybridized carbons (Fsp3) is 0.333. The Labute approximate surface area is 156 Å². The van der Waals surface area contributed by atoms with Gasteiger partial charge in [0.05, 0.1) is 13.2 Å². The zero-order valence-corrected chi connectivity index (χ0v) is 15.2. The second kappa shape index (κ2) is 7.95. The van der Waals surface area contributed by atoms with Crippen LogP contribution in [-0.4, -0.2) is 50.6 Å². The molecule has 3 aromatic rings. The summed E-state index contributed by atoms with van der Waals surface area (Å²) >= 11 is 1.01. The van der Waals surface area contributed by atoms with Crippen LogP contribution in [0.15, 0.2) is 15.9 Å². The first-order valence-corrected chi connectivity index (χ1v) is 8.84. The van der Waals surface area contributed by atoms with Crippen LogP contribution in [0, 0.1) is 0 Å². The van der Waals surface area contributed by atoms with Crippen LogP contribution in [0.1, 0.15) is 41.3 Å². The SMILES string of the molecule is CCCOC(=O)c1cc2c(o1)c(NC(=O)c1csnn1)nn2C(=O)OCC. The Morgan fingerprint density at radius 3 is 2.78 bits per heavy atom. The molecule has 1 amide bonds. The molecule has 3 aromatic heterocycles. The average molecular weight is 393 g/mol. The molecule has 0 bridgehead atoms. The summed E-state index contributed by atoms with van der Waals surface area (Å²) in [6, 6.07) is 1.30. The van der Waals surface area contributed by atoms with Gasteiger partial charge in [-0.2, -0.15) is 4.68 Å². The molecule has 3 heterocycles. The van der Waals surface area contributed by atoms with E-state index in [9.17, 15) is 14.4 Å². The van der Waals surface area contributed by atoms with E-state index in [1.807, 2.05) is 6.92 Å². The first kappa shape index (κ1) is 18.5. The van der Waals surface area contributed by atoms with E-state index in [2.05, 4.69) is 20.0 Å². The predicted octanol–water partition coefficient (Wildman–Crippen LogP) is 2.30. The molecule has 27 heavy (non-hydrogen) atoms. The number of aromatic nitrogens is 4. The minimum absolute atomic E-state index is 0.0306. The molecule has 3 rings (SSSR count). The number of nitrogens with one attached hydrogen (secondary N) is 1. The lowest BCUT2D eigenvalue weighted by atomic mass is 10.4. The van der Waals surface area contributed by atoms with E-state index in [0.29, 0.717) is 6.42 Å². The molecule has 142 valence electrons. The molecule has 0 aliphatic rings. The standard InChI is InChI=1S/C15H15N5O6S/c1-3-5-25-14(22)10-6-9-11(26-10)12(18-20(9)15(23)24-4-2)16-13(21)8-7-27-19-17-8/h6-7H,3-5H2,1-2H3,(H,16,18,21). The van der Waals surface area contributed by atoms with Crippen LogP contribution in [0.4, 0.5) is 10.6 Å². The second-order valence-corrected chi connectivity index (χ2v) is 5.77. The predicted molar refractivity (Wildman–Crippen MR) is 92.9 cm³/mol. The summed E-state index contributed by atoms with van der Waals surface area (Å²) in [5.41, 5.74) is 0.264. The van der Waals surface area contributed by atoms with Crippen LogP contribution in [0.2, 0.25) is 0 Å². The lowest BCUT2D eigenvalue weighted by molar-refractivity contribution is 0.0471. The summed E-state index contributed by atoms with van der Waals surface area (Å²) in [7, 11) is 0. The molecule has 1 N–H and O–H groups in total. The van der Waals surface area contributed by atoms with Gasteiger partial charge in [-0.1, -0.05) is 11.4 Å². The van der Waals surface area contributed by atoms with Crippen LogP contribution in [-0.2, 0) is 9.47 Å². The number of furan rings is 1. The molecule has 0 aliphatic carbocycles. The summed E-state index contributed by atoms with van der Waals surface area (Å²) < 4.78 is 19.9. The van der Waals surface area contributed by atoms with Gasteiger partial charge in [-0.15, -0.1) is 10.2 Å². The van der Waals surface area contributed by atoms with Crippen molar-refractivity contribution in [3.63, 3.8) is 0 Å². The number of fused-ring (bicyclic) bond motifs is 1. The quantitative estimate of drug-likeness (QED) is 0.625. The molecule has 0 saturated heterocycles. The van der Waals surface area contributed by atoms with Crippen molar-refractivity contribution in [2.45, 2.75) is 20.3 Å². The highest BCUT2D eigenvalue weighted by atomic mass is 32.1. The first-order chi connectivity index (χ1) is 13.0. The smallest absolute Gasteiger partial charge is 0.435 e. The van der Waals surface area contributed by atoms with E-state index in [0.717, 1.165) is 16.2 Å². The second-order valence-electron chi connectivity index (χ2n) is 5.16. The van der Waals surface area contributed by atoms with Crippen LogP contribution in [0.3, 0.4) is 0 Å². The minimum atomic E-state index is -0.785. The third kappa shape index (κ3) is 3.79. The van der Waals surface area contributed by atoms with Gasteiger partial charge in [-0.3, -0.25) is 4.79 Å². The van der Waals surface area contributed by atoms with E-state index in [1.54, 1.807) is 6.92 Å². The van der Waals surface area contributed by atoms with E-state index < -0.39 is 18.0 Å². The molecule has 0 radical (unpaired) electrons. The van der Waals surface area contributed by atoms with Crippen molar-refractivity contribution in [2.75, 3.05) is 18.5 Å². The fourth-order valence-electron chi connectivity index (χ4n) is 2.11. The van der Waals surface area contributed by atoms with Gasteiger partial charge in [0.1, 0.15) is 5.52 Å². The summed E-state index contributed by atoms with van der Waals surface area (Å²) in [5, 5.41) is 11.6. The number of rotatable bonds is 6. The van der Waals surface area contributed by atoms with E-state index >= 15 is 0 Å². The van der Waals surface area contributed by atoms with Gasteiger partial charge in [-0.05, 0) is 24.9 Å². The molecule has 12 heteroatoms. The lowest BCUT2D eigenvalue weighted by Gasteiger charge is -2.02. The molecular formula is C15H15N5O6S. The highest BCUT2D eigenvalue weighted by Gasteiger charge is 2.25. The van der Waals surface area contributed by atoms with Crippen molar-refractivity contribution in [3.05, 3.63) is 22.9 Å². The van der Waals surface area contributed by atoms with Crippen LogP contribution in [0.25, 0.3) is 11.1 Å². The Kier molecular flexibility index (Phi) is 5.45. The topological polar surface area (TPSA) is 138 Å². The van der Waals surface area contributed by atoms with Crippen LogP contribution in [0.5, 0.6) is 0 Å². The van der Waals surface area contributed by atoms with Crippen molar-refractivity contribution < 1.29 is 28.3 Å². The summed E-state index contributed by atoms with van der Waals surface area (Å²) in [4.78, 5) is 36.4. The Morgan fingerprint density at radius 2 is 2.11 bits per heavy atom. The van der Waals surface area contributed by atoms with Gasteiger partial charge in [0.25, 0.3) is 5.91 Å². The number of esters is 1. The molecule has 0 unspecified atom stereocenters. The lowest BCUT2D eigenvalue weighted by Crippen LogP contribution is -2.17. The van der Waals surface area contributed by atoms with Crippen LogP contribution < -0.4 is 5.32 Å². The van der Waals surface area contributed by atoms with Gasteiger partial charge in [-0.25, -0.2) is 9.59 Å². The molecule has 0 aromatic carbocycles. The number of hydrogen-bond acceptors (Lipinski definition) is 10. The summed E-state index contributed by atoms with van der Waals surface area (Å²) in [6.45, 7) is 3.83. The van der Waals surface area contributed by atoms with Gasteiger partial charge < -0.3 is 19.2 Å². The normalized spacial score (nSPS) is 10.7. The minimum Gasteiger partial charge on any atom is -0.460 e. The van der Waals surface area contributed by atoms with Crippen molar-refractivity contribution in [1.82, 2.24) is 19.4 Å². The fourth-order valence-corrected chi connectivity index (χ4v) is 2.55. The number of carbonyl (C=O) groups is 3. The third-order valence-corrected chi connectivity index (χ3v) is 3.76. The maximum absolute atomic E-state index is 12.2. The summed E-state index contributed by atoms with van der Waals surface area (Å²) in [5.74, 6) is -1.47. The van der Waals surface area contributed by atoms with Crippen molar-refractivity contribution in [1.29, 1.82) is 0 Å².